The molecule has 0 aliphatic carbocycles. The van der Waals surface area contributed by atoms with Crippen molar-refractivity contribution < 1.29 is 29.0 Å². The summed E-state index contributed by atoms with van der Waals surface area (Å²) in [4.78, 5) is 46.4. The van der Waals surface area contributed by atoms with Crippen molar-refractivity contribution in [2.24, 2.45) is 11.7 Å². The number of carbonyl (C=O) groups is 4. The maximum Gasteiger partial charge on any atom is 0.408 e. The lowest BCUT2D eigenvalue weighted by atomic mass is 9.98. The smallest absolute Gasteiger partial charge is 0.408 e. The standard InChI is InChI=1S/C16H29N3O6/c1-6-9(2)12(19-15(24)25-16(3,4)5)13(21)18-10(14(22)23)7-8-11(17)20/h9-10,12H,6-8H2,1-5H3,(H2,17,20)(H,18,21)(H,19,24)(H,22,23)/t9-,10-,12-/m0/s1. The Bertz CT molecular complexity index is 501. The monoisotopic (exact) mass is 359 g/mol. The van der Waals surface area contributed by atoms with Gasteiger partial charge in [0.05, 0.1) is 0 Å². The molecule has 0 unspecified atom stereocenters. The van der Waals surface area contributed by atoms with Crippen molar-refractivity contribution in [2.45, 2.75) is 71.6 Å². The second-order valence-corrected chi connectivity index (χ2v) is 6.91. The van der Waals surface area contributed by atoms with E-state index in [0.717, 1.165) is 0 Å². The quantitative estimate of drug-likeness (QED) is 0.478. The van der Waals surface area contributed by atoms with Crippen LogP contribution in [0.15, 0.2) is 0 Å². The summed E-state index contributed by atoms with van der Waals surface area (Å²) < 4.78 is 5.14. The van der Waals surface area contributed by atoms with Gasteiger partial charge < -0.3 is 26.2 Å². The van der Waals surface area contributed by atoms with Crippen molar-refractivity contribution in [1.82, 2.24) is 10.6 Å². The minimum absolute atomic E-state index is 0.129. The van der Waals surface area contributed by atoms with Gasteiger partial charge in [0.2, 0.25) is 11.8 Å². The van der Waals surface area contributed by atoms with Gasteiger partial charge in [0.25, 0.3) is 0 Å². The second kappa shape index (κ2) is 9.85. The molecule has 0 rings (SSSR count). The van der Waals surface area contributed by atoms with Crippen LogP contribution in [0.1, 0.15) is 53.9 Å². The highest BCUT2D eigenvalue weighted by Gasteiger charge is 2.31. The van der Waals surface area contributed by atoms with Crippen LogP contribution in [-0.2, 0) is 19.1 Å². The minimum atomic E-state index is -1.28. The van der Waals surface area contributed by atoms with Gasteiger partial charge in [0, 0.05) is 6.42 Å². The van der Waals surface area contributed by atoms with Crippen LogP contribution in [0.5, 0.6) is 0 Å². The van der Waals surface area contributed by atoms with Gasteiger partial charge >= 0.3 is 12.1 Å². The number of alkyl carbamates (subject to hydrolysis) is 1. The summed E-state index contributed by atoms with van der Waals surface area (Å²) >= 11 is 0. The van der Waals surface area contributed by atoms with E-state index in [1.807, 2.05) is 6.92 Å². The molecule has 0 aromatic carbocycles. The fraction of sp³-hybridized carbons (Fsp3) is 0.750. The maximum absolute atomic E-state index is 12.4. The summed E-state index contributed by atoms with van der Waals surface area (Å²) in [6.45, 7) is 8.66. The molecule has 9 heteroatoms. The molecule has 0 aliphatic heterocycles. The number of carboxylic acids is 1. The Balaban J connectivity index is 5.06. The van der Waals surface area contributed by atoms with E-state index in [-0.39, 0.29) is 18.8 Å². The van der Waals surface area contributed by atoms with Gasteiger partial charge in [-0.25, -0.2) is 9.59 Å². The van der Waals surface area contributed by atoms with Gasteiger partial charge in [-0.1, -0.05) is 20.3 Å². The van der Waals surface area contributed by atoms with Crippen LogP contribution >= 0.6 is 0 Å². The van der Waals surface area contributed by atoms with Crippen LogP contribution < -0.4 is 16.4 Å². The van der Waals surface area contributed by atoms with E-state index in [0.29, 0.717) is 6.42 Å². The van der Waals surface area contributed by atoms with Crippen LogP contribution in [0.2, 0.25) is 0 Å². The van der Waals surface area contributed by atoms with Gasteiger partial charge in [0.15, 0.2) is 0 Å². The normalized spacial score (nSPS) is 14.8. The fourth-order valence-electron chi connectivity index (χ4n) is 1.94. The van der Waals surface area contributed by atoms with Gasteiger partial charge in [-0.15, -0.1) is 0 Å². The van der Waals surface area contributed by atoms with Crippen LogP contribution in [-0.4, -0.2) is 46.7 Å². The Labute approximate surface area is 147 Å². The molecular weight excluding hydrogens is 330 g/mol. The van der Waals surface area contributed by atoms with Gasteiger partial charge in [0.1, 0.15) is 17.7 Å². The van der Waals surface area contributed by atoms with Gasteiger partial charge in [-0.3, -0.25) is 9.59 Å². The van der Waals surface area contributed by atoms with Crippen LogP contribution in [0.4, 0.5) is 4.79 Å². The highest BCUT2D eigenvalue weighted by Crippen LogP contribution is 2.12. The van der Waals surface area contributed by atoms with E-state index < -0.39 is 41.6 Å². The van der Waals surface area contributed by atoms with Crippen molar-refractivity contribution in [1.29, 1.82) is 0 Å². The molecule has 5 N–H and O–H groups in total. The molecular formula is C16H29N3O6. The number of carboxylic acid groups (broad SMARTS) is 1. The maximum atomic E-state index is 12.4. The van der Waals surface area contributed by atoms with Crippen molar-refractivity contribution >= 4 is 23.9 Å². The Morgan fingerprint density at radius 3 is 2.12 bits per heavy atom. The zero-order valence-corrected chi connectivity index (χ0v) is 15.4. The predicted molar refractivity (Wildman–Crippen MR) is 90.6 cm³/mol. The average Bonchev–Trinajstić information content (AvgIpc) is 2.45. The van der Waals surface area contributed by atoms with Gasteiger partial charge in [-0.05, 0) is 33.1 Å². The van der Waals surface area contributed by atoms with Crippen LogP contribution in [0.3, 0.4) is 0 Å². The lowest BCUT2D eigenvalue weighted by Crippen LogP contribution is -2.54. The van der Waals surface area contributed by atoms with Crippen molar-refractivity contribution in [3.8, 4) is 0 Å². The van der Waals surface area contributed by atoms with Gasteiger partial charge in [-0.2, -0.15) is 0 Å². The number of nitrogens with one attached hydrogen (secondary N) is 2. The zero-order valence-electron chi connectivity index (χ0n) is 15.4. The number of rotatable bonds is 9. The Hall–Kier alpha value is -2.32. The summed E-state index contributed by atoms with van der Waals surface area (Å²) in [5, 5.41) is 14.0. The second-order valence-electron chi connectivity index (χ2n) is 6.91. The molecule has 3 amide bonds. The highest BCUT2D eigenvalue weighted by molar-refractivity contribution is 5.89. The molecule has 3 atom stereocenters. The number of carbonyl (C=O) groups excluding carboxylic acids is 3. The first-order valence-corrected chi connectivity index (χ1v) is 8.18. The summed E-state index contributed by atoms with van der Waals surface area (Å²) in [5.41, 5.74) is 4.28. The summed E-state index contributed by atoms with van der Waals surface area (Å²) in [7, 11) is 0. The largest absolute Gasteiger partial charge is 0.480 e. The first-order valence-electron chi connectivity index (χ1n) is 8.18. The molecule has 144 valence electrons. The van der Waals surface area contributed by atoms with Crippen molar-refractivity contribution in [2.75, 3.05) is 0 Å². The number of hydrogen-bond donors (Lipinski definition) is 4. The number of primary amides is 1. The minimum Gasteiger partial charge on any atom is -0.480 e. The van der Waals surface area contributed by atoms with E-state index in [1.165, 1.54) is 0 Å². The fourth-order valence-corrected chi connectivity index (χ4v) is 1.94. The number of aliphatic carboxylic acids is 1. The first-order chi connectivity index (χ1) is 11.4. The van der Waals surface area contributed by atoms with E-state index in [1.54, 1.807) is 27.7 Å². The molecule has 0 saturated heterocycles. The number of amides is 3. The number of nitrogens with two attached hydrogens (primary N) is 1. The first kappa shape index (κ1) is 22.7. The Morgan fingerprint density at radius 2 is 1.72 bits per heavy atom. The zero-order chi connectivity index (χ0) is 19.8. The number of ether oxygens (including phenoxy) is 1. The molecule has 0 saturated carbocycles. The molecule has 0 radical (unpaired) electrons. The molecule has 0 spiro atoms. The Morgan fingerprint density at radius 1 is 1.16 bits per heavy atom. The van der Waals surface area contributed by atoms with Crippen LogP contribution in [0.25, 0.3) is 0 Å². The van der Waals surface area contributed by atoms with Crippen LogP contribution in [0, 0.1) is 5.92 Å². The molecule has 9 nitrogen and oxygen atoms in total. The third-order valence-electron chi connectivity index (χ3n) is 3.46. The summed E-state index contributed by atoms with van der Waals surface area (Å²) in [5.74, 6) is -2.85. The molecule has 0 bridgehead atoms. The van der Waals surface area contributed by atoms with Crippen molar-refractivity contribution in [3.63, 3.8) is 0 Å². The predicted octanol–water partition coefficient (Wildman–Crippen LogP) is 0.761. The Kier molecular flexibility index (Phi) is 8.94. The third kappa shape index (κ3) is 9.53. The van der Waals surface area contributed by atoms with E-state index >= 15 is 0 Å². The molecule has 0 aromatic rings. The SMILES string of the molecule is CC[C@H](C)[C@H](NC(=O)OC(C)(C)C)C(=O)N[C@@H](CCC(N)=O)C(=O)O. The molecule has 0 heterocycles. The highest BCUT2D eigenvalue weighted by atomic mass is 16.6. The third-order valence-corrected chi connectivity index (χ3v) is 3.46. The molecule has 0 aromatic heterocycles. The lowest BCUT2D eigenvalue weighted by Gasteiger charge is -2.27. The van der Waals surface area contributed by atoms with Crippen molar-refractivity contribution in [3.05, 3.63) is 0 Å². The molecule has 0 fully saturated rings. The summed E-state index contributed by atoms with van der Waals surface area (Å²) in [6.07, 6.45) is -0.495. The number of hydrogen-bond acceptors (Lipinski definition) is 5. The molecule has 0 aliphatic rings. The lowest BCUT2D eigenvalue weighted by molar-refractivity contribution is -0.142. The molecule has 25 heavy (non-hydrogen) atoms. The summed E-state index contributed by atoms with van der Waals surface area (Å²) in [6, 6.07) is -2.23. The van der Waals surface area contributed by atoms with E-state index in [4.69, 9.17) is 15.6 Å². The average molecular weight is 359 g/mol. The van der Waals surface area contributed by atoms with E-state index in [9.17, 15) is 19.2 Å². The van der Waals surface area contributed by atoms with E-state index in [2.05, 4.69) is 10.6 Å². The topological polar surface area (TPSA) is 148 Å².